The zero-order valence-corrected chi connectivity index (χ0v) is 24.4. The van der Waals surface area contributed by atoms with E-state index in [0.29, 0.717) is 37.1 Å². The van der Waals surface area contributed by atoms with Crippen LogP contribution in [-0.2, 0) is 24.4 Å². The molecule has 3 aromatic heterocycles. The quantitative estimate of drug-likeness (QED) is 0.223. The fourth-order valence-corrected chi connectivity index (χ4v) is 6.99. The molecule has 0 radical (unpaired) electrons. The highest BCUT2D eigenvalue weighted by atomic mass is 32.1. The SMILES string of the molecule is N#Cc1ccc(COc2cccc(C3CCN(Cc4nc5ccc(C(=O)O)cc5n4C[C@@H]4CCO4)CC3)n2)c2sccc12. The minimum atomic E-state index is -0.935. The van der Waals surface area contributed by atoms with Gasteiger partial charge in [0, 0.05) is 39.9 Å². The van der Waals surface area contributed by atoms with E-state index in [2.05, 4.69) is 21.6 Å². The number of carboxylic acids is 1. The Hall–Kier alpha value is -4.30. The Morgan fingerprint density at radius 2 is 1.98 bits per heavy atom. The lowest BCUT2D eigenvalue weighted by molar-refractivity contribution is -0.0592. The lowest BCUT2D eigenvalue weighted by Crippen LogP contribution is -2.35. The zero-order valence-electron chi connectivity index (χ0n) is 23.6. The fraction of sp³-hybridized carbons (Fsp3) is 0.333. The minimum absolute atomic E-state index is 0.143. The maximum Gasteiger partial charge on any atom is 0.335 e. The molecule has 218 valence electrons. The van der Waals surface area contributed by atoms with Crippen LogP contribution in [0.3, 0.4) is 0 Å². The van der Waals surface area contributed by atoms with Gasteiger partial charge in [-0.1, -0.05) is 12.1 Å². The zero-order chi connectivity index (χ0) is 29.3. The monoisotopic (exact) mass is 593 g/mol. The number of imidazole rings is 1. The number of fused-ring (bicyclic) bond motifs is 2. The average Bonchev–Trinajstić information content (AvgIpc) is 3.63. The number of rotatable bonds is 9. The molecule has 0 amide bonds. The van der Waals surface area contributed by atoms with Crippen LogP contribution in [0.5, 0.6) is 5.88 Å². The third-order valence-electron chi connectivity index (χ3n) is 8.56. The molecule has 0 unspecified atom stereocenters. The number of ether oxygens (including phenoxy) is 2. The van der Waals surface area contributed by atoms with Crippen molar-refractivity contribution < 1.29 is 19.4 Å². The van der Waals surface area contributed by atoms with E-state index in [1.165, 1.54) is 0 Å². The first-order chi connectivity index (χ1) is 21.1. The van der Waals surface area contributed by atoms with Gasteiger partial charge in [-0.3, -0.25) is 4.90 Å². The van der Waals surface area contributed by atoms with Crippen LogP contribution in [0.25, 0.3) is 21.1 Å². The Kier molecular flexibility index (Phi) is 7.53. The summed E-state index contributed by atoms with van der Waals surface area (Å²) in [7, 11) is 0. The highest BCUT2D eigenvalue weighted by Crippen LogP contribution is 2.31. The van der Waals surface area contributed by atoms with Crippen molar-refractivity contribution in [2.24, 2.45) is 0 Å². The van der Waals surface area contributed by atoms with E-state index in [4.69, 9.17) is 19.4 Å². The standard InChI is InChI=1S/C33H31N5O4S/c34-17-23-4-5-24(32-26(23)11-15-43-32)20-42-31-3-1-2-27(36-31)21-8-12-37(13-9-21)19-30-35-28-7-6-22(33(39)40)16-29(28)38(30)18-25-10-14-41-25/h1-7,11,15-16,21,25H,8-10,12-14,18-20H2,(H,39,40)/t25-/m0/s1. The van der Waals surface area contributed by atoms with Crippen LogP contribution in [0.2, 0.25) is 0 Å². The fourth-order valence-electron chi connectivity index (χ4n) is 6.07. The Morgan fingerprint density at radius 3 is 2.74 bits per heavy atom. The van der Waals surface area contributed by atoms with Gasteiger partial charge in [0.05, 0.1) is 47.4 Å². The van der Waals surface area contributed by atoms with Gasteiger partial charge in [-0.05, 0) is 74.1 Å². The number of likely N-dealkylation sites (tertiary alicyclic amines) is 1. The van der Waals surface area contributed by atoms with Crippen LogP contribution in [0.4, 0.5) is 0 Å². The number of benzene rings is 2. The molecule has 10 heteroatoms. The summed E-state index contributed by atoms with van der Waals surface area (Å²) in [5, 5.41) is 21.9. The third kappa shape index (κ3) is 5.59. The molecule has 43 heavy (non-hydrogen) atoms. The second-order valence-electron chi connectivity index (χ2n) is 11.2. The topological polar surface area (TPSA) is 114 Å². The number of carbonyl (C=O) groups is 1. The van der Waals surface area contributed by atoms with E-state index < -0.39 is 5.97 Å². The third-order valence-corrected chi connectivity index (χ3v) is 9.55. The molecule has 1 N–H and O–H groups in total. The van der Waals surface area contributed by atoms with Crippen LogP contribution in [0, 0.1) is 11.3 Å². The predicted molar refractivity (Wildman–Crippen MR) is 163 cm³/mol. The summed E-state index contributed by atoms with van der Waals surface area (Å²) in [4.78, 5) is 23.8. The second-order valence-corrected chi connectivity index (χ2v) is 12.1. The normalized spacial score (nSPS) is 17.6. The number of aromatic carboxylic acids is 1. The molecule has 2 aliphatic rings. The van der Waals surface area contributed by atoms with Gasteiger partial charge in [-0.25, -0.2) is 14.8 Å². The van der Waals surface area contributed by atoms with E-state index in [1.807, 2.05) is 35.7 Å². The highest BCUT2D eigenvalue weighted by Gasteiger charge is 2.26. The van der Waals surface area contributed by atoms with Crippen molar-refractivity contribution in [2.75, 3.05) is 19.7 Å². The van der Waals surface area contributed by atoms with Gasteiger partial charge in [-0.2, -0.15) is 5.26 Å². The Bertz CT molecular complexity index is 1850. The summed E-state index contributed by atoms with van der Waals surface area (Å²) < 4.78 is 15.1. The first-order valence-corrected chi connectivity index (χ1v) is 15.5. The van der Waals surface area contributed by atoms with Gasteiger partial charge in [0.15, 0.2) is 0 Å². The van der Waals surface area contributed by atoms with Crippen molar-refractivity contribution in [1.29, 1.82) is 5.26 Å². The molecule has 0 spiro atoms. The van der Waals surface area contributed by atoms with Crippen LogP contribution in [0.1, 0.15) is 58.2 Å². The number of pyridine rings is 1. The Labute approximate surface area is 252 Å². The number of nitrogens with zero attached hydrogens (tertiary/aromatic N) is 5. The summed E-state index contributed by atoms with van der Waals surface area (Å²) >= 11 is 1.62. The molecule has 2 aliphatic heterocycles. The van der Waals surface area contributed by atoms with Crippen molar-refractivity contribution in [3.63, 3.8) is 0 Å². The molecule has 2 aromatic carbocycles. The van der Waals surface area contributed by atoms with Crippen LogP contribution < -0.4 is 4.74 Å². The maximum atomic E-state index is 11.6. The first-order valence-electron chi connectivity index (χ1n) is 14.6. The van der Waals surface area contributed by atoms with Gasteiger partial charge in [0.25, 0.3) is 0 Å². The van der Waals surface area contributed by atoms with Crippen molar-refractivity contribution in [2.45, 2.75) is 51.0 Å². The molecule has 5 aromatic rings. The molecule has 2 fully saturated rings. The van der Waals surface area contributed by atoms with Gasteiger partial charge >= 0.3 is 5.97 Å². The number of thiophene rings is 1. The molecule has 1 atom stereocenters. The van der Waals surface area contributed by atoms with Gasteiger partial charge in [0.2, 0.25) is 5.88 Å². The summed E-state index contributed by atoms with van der Waals surface area (Å²) in [6.45, 7) is 4.40. The van der Waals surface area contributed by atoms with Crippen molar-refractivity contribution in [3.05, 3.63) is 88.2 Å². The highest BCUT2D eigenvalue weighted by molar-refractivity contribution is 7.17. The molecule has 9 nitrogen and oxygen atoms in total. The molecule has 0 aliphatic carbocycles. The predicted octanol–water partition coefficient (Wildman–Crippen LogP) is 5.96. The maximum absolute atomic E-state index is 11.6. The molecule has 0 saturated carbocycles. The molecule has 0 bridgehead atoms. The van der Waals surface area contributed by atoms with Crippen LogP contribution >= 0.6 is 11.3 Å². The van der Waals surface area contributed by atoms with Crippen LogP contribution in [0.15, 0.2) is 60.0 Å². The average molecular weight is 594 g/mol. The van der Waals surface area contributed by atoms with E-state index in [9.17, 15) is 15.2 Å². The van der Waals surface area contributed by atoms with E-state index in [1.54, 1.807) is 29.5 Å². The van der Waals surface area contributed by atoms with E-state index >= 15 is 0 Å². The number of piperidine rings is 1. The van der Waals surface area contributed by atoms with E-state index in [0.717, 1.165) is 77.2 Å². The van der Waals surface area contributed by atoms with Crippen molar-refractivity contribution >= 4 is 38.4 Å². The van der Waals surface area contributed by atoms with Gasteiger partial charge in [-0.15, -0.1) is 11.3 Å². The lowest BCUT2D eigenvalue weighted by atomic mass is 9.93. The lowest BCUT2D eigenvalue weighted by Gasteiger charge is -2.32. The summed E-state index contributed by atoms with van der Waals surface area (Å²) in [5.41, 5.74) is 4.72. The van der Waals surface area contributed by atoms with Gasteiger partial charge < -0.3 is 19.1 Å². The number of aromatic nitrogens is 3. The van der Waals surface area contributed by atoms with E-state index in [-0.39, 0.29) is 11.7 Å². The summed E-state index contributed by atoms with van der Waals surface area (Å²) in [6.07, 6.45) is 3.11. The second kappa shape index (κ2) is 11.8. The first kappa shape index (κ1) is 27.5. The summed E-state index contributed by atoms with van der Waals surface area (Å²) in [6, 6.07) is 19.2. The number of carboxylic acid groups (broad SMARTS) is 1. The Morgan fingerprint density at radius 1 is 1.12 bits per heavy atom. The Balaban J connectivity index is 1.01. The van der Waals surface area contributed by atoms with Crippen molar-refractivity contribution in [3.8, 4) is 11.9 Å². The van der Waals surface area contributed by atoms with Crippen molar-refractivity contribution in [1.82, 2.24) is 19.4 Å². The molecule has 7 rings (SSSR count). The van der Waals surface area contributed by atoms with Gasteiger partial charge in [0.1, 0.15) is 12.4 Å². The molecule has 2 saturated heterocycles. The minimum Gasteiger partial charge on any atom is -0.478 e. The largest absolute Gasteiger partial charge is 0.478 e. The van der Waals surface area contributed by atoms with Crippen LogP contribution in [-0.4, -0.2) is 56.3 Å². The molecule has 5 heterocycles. The smallest absolute Gasteiger partial charge is 0.335 e. The number of hydrogen-bond donors (Lipinski definition) is 1. The number of nitriles is 1. The molecular formula is C33H31N5O4S. The summed E-state index contributed by atoms with van der Waals surface area (Å²) in [5.74, 6) is 0.971. The molecular weight excluding hydrogens is 562 g/mol. The number of hydrogen-bond acceptors (Lipinski definition) is 8.